The van der Waals surface area contributed by atoms with Gasteiger partial charge >= 0.3 is 0 Å². The first kappa shape index (κ1) is 18.7. The third-order valence-electron chi connectivity index (χ3n) is 4.28. The molecule has 1 aromatic carbocycles. The van der Waals surface area contributed by atoms with Crippen molar-refractivity contribution in [3.05, 3.63) is 58.4 Å². The molecule has 0 atom stereocenters. The lowest BCUT2D eigenvalue weighted by atomic mass is 10.1. The van der Waals surface area contributed by atoms with Crippen LogP contribution < -0.4 is 15.5 Å². The molecule has 2 heterocycles. The number of thiocarbonyl (C=S) groups is 1. The fourth-order valence-corrected chi connectivity index (χ4v) is 3.20. The van der Waals surface area contributed by atoms with Gasteiger partial charge in [-0.2, -0.15) is 0 Å². The van der Waals surface area contributed by atoms with E-state index in [1.807, 2.05) is 4.90 Å². The first-order valence-corrected chi connectivity index (χ1v) is 9.01. The SMILES string of the molecule is O=C(NC(=S)Nc1cccnc1)c1ccc(N2CCCCC2)c([N+](=O)[O-])c1. The number of benzene rings is 1. The zero-order valence-electron chi connectivity index (χ0n) is 14.6. The minimum Gasteiger partial charge on any atom is -0.366 e. The molecular formula is C18H19N5O3S. The Morgan fingerprint density at radius 2 is 2.00 bits per heavy atom. The van der Waals surface area contributed by atoms with E-state index in [-0.39, 0.29) is 16.4 Å². The van der Waals surface area contributed by atoms with E-state index in [1.165, 1.54) is 6.07 Å². The highest BCUT2D eigenvalue weighted by Crippen LogP contribution is 2.31. The number of nitro benzene ring substituents is 1. The Morgan fingerprint density at radius 1 is 1.22 bits per heavy atom. The van der Waals surface area contributed by atoms with Crippen molar-refractivity contribution in [3.63, 3.8) is 0 Å². The van der Waals surface area contributed by atoms with Crippen LogP contribution in [0.4, 0.5) is 17.1 Å². The van der Waals surface area contributed by atoms with Crippen LogP contribution in [0.1, 0.15) is 29.6 Å². The molecule has 1 aromatic heterocycles. The van der Waals surface area contributed by atoms with Crippen LogP contribution in [0.5, 0.6) is 0 Å². The average Bonchev–Trinajstić information content (AvgIpc) is 2.68. The average molecular weight is 385 g/mol. The lowest BCUT2D eigenvalue weighted by molar-refractivity contribution is -0.384. The number of carbonyl (C=O) groups excluding carboxylic acids is 1. The van der Waals surface area contributed by atoms with E-state index in [0.29, 0.717) is 11.4 Å². The number of anilines is 2. The summed E-state index contributed by atoms with van der Waals surface area (Å²) in [4.78, 5) is 29.4. The molecule has 2 N–H and O–H groups in total. The Balaban J connectivity index is 1.73. The number of pyridine rings is 1. The standard InChI is InChI=1S/C18H19N5O3S/c24-17(21-18(27)20-14-5-4-8-19-12-14)13-6-7-15(16(11-13)23(25)26)22-9-2-1-3-10-22/h4-8,11-12H,1-3,9-10H2,(H2,20,21,24,27). The summed E-state index contributed by atoms with van der Waals surface area (Å²) in [6, 6.07) is 8.00. The molecule has 3 rings (SSSR count). The quantitative estimate of drug-likeness (QED) is 0.474. The molecule has 1 fully saturated rings. The second-order valence-electron chi connectivity index (χ2n) is 6.16. The van der Waals surface area contributed by atoms with Gasteiger partial charge in [-0.25, -0.2) is 0 Å². The lowest BCUT2D eigenvalue weighted by Crippen LogP contribution is -2.34. The van der Waals surface area contributed by atoms with Gasteiger partial charge in [-0.3, -0.25) is 25.2 Å². The summed E-state index contributed by atoms with van der Waals surface area (Å²) < 4.78 is 0. The van der Waals surface area contributed by atoms with E-state index < -0.39 is 10.8 Å². The van der Waals surface area contributed by atoms with E-state index in [0.717, 1.165) is 32.4 Å². The lowest BCUT2D eigenvalue weighted by Gasteiger charge is -2.28. The highest BCUT2D eigenvalue weighted by molar-refractivity contribution is 7.80. The molecule has 0 aliphatic carbocycles. The minimum absolute atomic E-state index is 0.0734. The molecule has 140 valence electrons. The number of carbonyl (C=O) groups is 1. The number of aromatic nitrogens is 1. The van der Waals surface area contributed by atoms with E-state index in [1.54, 1.807) is 36.7 Å². The van der Waals surface area contributed by atoms with Crippen LogP contribution >= 0.6 is 12.2 Å². The second kappa shape index (κ2) is 8.54. The summed E-state index contributed by atoms with van der Waals surface area (Å²) in [5.74, 6) is -0.510. The van der Waals surface area contributed by atoms with Gasteiger partial charge in [0.1, 0.15) is 5.69 Å². The highest BCUT2D eigenvalue weighted by Gasteiger charge is 2.23. The normalized spacial score (nSPS) is 13.7. The van der Waals surface area contributed by atoms with Gasteiger partial charge in [-0.15, -0.1) is 0 Å². The van der Waals surface area contributed by atoms with E-state index in [9.17, 15) is 14.9 Å². The molecule has 0 radical (unpaired) electrons. The van der Waals surface area contributed by atoms with Gasteiger partial charge in [-0.05, 0) is 55.7 Å². The molecule has 9 heteroatoms. The first-order chi connectivity index (χ1) is 13.0. The molecule has 1 amide bonds. The number of nitrogens with one attached hydrogen (secondary N) is 2. The third-order valence-corrected chi connectivity index (χ3v) is 4.48. The van der Waals surface area contributed by atoms with Gasteiger partial charge in [0.15, 0.2) is 5.11 Å². The van der Waals surface area contributed by atoms with Gasteiger partial charge in [0.2, 0.25) is 0 Å². The largest absolute Gasteiger partial charge is 0.366 e. The molecule has 0 unspecified atom stereocenters. The maximum Gasteiger partial charge on any atom is 0.293 e. The van der Waals surface area contributed by atoms with Crippen LogP contribution in [0, 0.1) is 10.1 Å². The van der Waals surface area contributed by atoms with Gasteiger partial charge < -0.3 is 10.2 Å². The van der Waals surface area contributed by atoms with Crippen molar-refractivity contribution in [2.24, 2.45) is 0 Å². The number of nitrogens with zero attached hydrogens (tertiary/aromatic N) is 3. The molecule has 8 nitrogen and oxygen atoms in total. The van der Waals surface area contributed by atoms with Crippen LogP contribution in [0.3, 0.4) is 0 Å². The molecule has 1 saturated heterocycles. The summed E-state index contributed by atoms with van der Waals surface area (Å²) in [6.07, 6.45) is 6.33. The van der Waals surface area contributed by atoms with E-state index in [2.05, 4.69) is 15.6 Å². The summed E-state index contributed by atoms with van der Waals surface area (Å²) >= 11 is 5.11. The molecule has 2 aromatic rings. The topological polar surface area (TPSA) is 100 Å². The van der Waals surface area contributed by atoms with Crippen molar-refractivity contribution in [1.82, 2.24) is 10.3 Å². The van der Waals surface area contributed by atoms with Gasteiger partial charge in [-0.1, -0.05) is 0 Å². The minimum atomic E-state index is -0.510. The predicted molar refractivity (Wildman–Crippen MR) is 107 cm³/mol. The maximum absolute atomic E-state index is 12.4. The number of rotatable bonds is 4. The Labute approximate surface area is 161 Å². The monoisotopic (exact) mass is 385 g/mol. The maximum atomic E-state index is 12.4. The zero-order valence-corrected chi connectivity index (χ0v) is 15.4. The smallest absolute Gasteiger partial charge is 0.293 e. The summed E-state index contributed by atoms with van der Waals surface area (Å²) in [5.41, 5.74) is 1.29. The van der Waals surface area contributed by atoms with Crippen molar-refractivity contribution in [3.8, 4) is 0 Å². The summed E-state index contributed by atoms with van der Waals surface area (Å²) in [6.45, 7) is 1.57. The van der Waals surface area contributed by atoms with Crippen molar-refractivity contribution in [2.75, 3.05) is 23.3 Å². The Morgan fingerprint density at radius 3 is 2.67 bits per heavy atom. The van der Waals surface area contributed by atoms with E-state index >= 15 is 0 Å². The molecule has 1 aliphatic heterocycles. The number of nitro groups is 1. The predicted octanol–water partition coefficient (Wildman–Crippen LogP) is 3.11. The number of hydrogen-bond donors (Lipinski definition) is 2. The number of hydrogen-bond acceptors (Lipinski definition) is 6. The van der Waals surface area contributed by atoms with Crippen LogP contribution in [-0.4, -0.2) is 34.0 Å². The van der Waals surface area contributed by atoms with Crippen molar-refractivity contribution >= 4 is 40.3 Å². The van der Waals surface area contributed by atoms with E-state index in [4.69, 9.17) is 12.2 Å². The Bertz CT molecular complexity index is 853. The van der Waals surface area contributed by atoms with Crippen LogP contribution in [-0.2, 0) is 0 Å². The molecule has 1 aliphatic rings. The van der Waals surface area contributed by atoms with Crippen molar-refractivity contribution in [2.45, 2.75) is 19.3 Å². The fraction of sp³-hybridized carbons (Fsp3) is 0.278. The summed E-state index contributed by atoms with van der Waals surface area (Å²) in [7, 11) is 0. The number of amides is 1. The van der Waals surface area contributed by atoms with Crippen LogP contribution in [0.25, 0.3) is 0 Å². The van der Waals surface area contributed by atoms with Crippen LogP contribution in [0.15, 0.2) is 42.7 Å². The van der Waals surface area contributed by atoms with Gasteiger partial charge in [0.05, 0.1) is 16.8 Å². The van der Waals surface area contributed by atoms with Crippen molar-refractivity contribution in [1.29, 1.82) is 0 Å². The second-order valence-corrected chi connectivity index (χ2v) is 6.57. The summed E-state index contributed by atoms with van der Waals surface area (Å²) in [5, 5.41) is 17.0. The molecule has 0 spiro atoms. The highest BCUT2D eigenvalue weighted by atomic mass is 32.1. The third kappa shape index (κ3) is 4.76. The zero-order chi connectivity index (χ0) is 19.2. The van der Waals surface area contributed by atoms with Crippen molar-refractivity contribution < 1.29 is 9.72 Å². The molecule has 27 heavy (non-hydrogen) atoms. The van der Waals surface area contributed by atoms with Crippen LogP contribution in [0.2, 0.25) is 0 Å². The van der Waals surface area contributed by atoms with Gasteiger partial charge in [0, 0.05) is 30.9 Å². The first-order valence-electron chi connectivity index (χ1n) is 8.60. The number of piperidine rings is 1. The Hall–Kier alpha value is -3.07. The van der Waals surface area contributed by atoms with Gasteiger partial charge in [0.25, 0.3) is 11.6 Å². The molecule has 0 saturated carbocycles. The Kier molecular flexibility index (Phi) is 5.92. The molecule has 0 bridgehead atoms. The fourth-order valence-electron chi connectivity index (χ4n) is 2.99. The molecular weight excluding hydrogens is 366 g/mol.